The van der Waals surface area contributed by atoms with Gasteiger partial charge in [-0.3, -0.25) is 4.98 Å². The van der Waals surface area contributed by atoms with E-state index >= 15 is 0 Å². The topological polar surface area (TPSA) is 89.6 Å². The number of fused-ring (bicyclic) bond motifs is 1. The fraction of sp³-hybridized carbons (Fsp3) is 0.211. The van der Waals surface area contributed by atoms with Gasteiger partial charge in [0.15, 0.2) is 17.3 Å². The lowest BCUT2D eigenvalue weighted by Crippen LogP contribution is -2.04. The van der Waals surface area contributed by atoms with Crippen molar-refractivity contribution in [3.05, 3.63) is 60.2 Å². The average molecular weight is 344 g/mol. The number of nitrogens with zero attached hydrogens (tertiary/aromatic N) is 5. The van der Waals surface area contributed by atoms with Gasteiger partial charge in [-0.15, -0.1) is 10.2 Å². The SMILES string of the molecule is c1ccc2c(-c3nc(C4CC4)no3)nnc(NCc3ccncc3)c2c1. The second-order valence-corrected chi connectivity index (χ2v) is 6.38. The Morgan fingerprint density at radius 2 is 1.81 bits per heavy atom. The number of rotatable bonds is 5. The molecule has 4 aromatic rings. The van der Waals surface area contributed by atoms with Crippen molar-refractivity contribution >= 4 is 16.6 Å². The predicted molar refractivity (Wildman–Crippen MR) is 96.4 cm³/mol. The van der Waals surface area contributed by atoms with Gasteiger partial charge in [0.05, 0.1) is 0 Å². The molecule has 1 aliphatic rings. The summed E-state index contributed by atoms with van der Waals surface area (Å²) in [5, 5.41) is 18.1. The first-order valence-corrected chi connectivity index (χ1v) is 8.60. The molecule has 7 heteroatoms. The molecule has 0 unspecified atom stereocenters. The third-order valence-corrected chi connectivity index (χ3v) is 4.48. The van der Waals surface area contributed by atoms with Crippen LogP contribution >= 0.6 is 0 Å². The summed E-state index contributed by atoms with van der Waals surface area (Å²) in [7, 11) is 0. The average Bonchev–Trinajstić information content (AvgIpc) is 3.44. The molecule has 7 nitrogen and oxygen atoms in total. The number of hydrogen-bond donors (Lipinski definition) is 1. The highest BCUT2D eigenvalue weighted by atomic mass is 16.5. The molecule has 5 rings (SSSR count). The summed E-state index contributed by atoms with van der Waals surface area (Å²) in [5.74, 6) is 2.36. The van der Waals surface area contributed by atoms with Crippen molar-refractivity contribution in [3.63, 3.8) is 0 Å². The Kier molecular flexibility index (Phi) is 3.55. The van der Waals surface area contributed by atoms with Crippen LogP contribution in [-0.2, 0) is 6.54 Å². The van der Waals surface area contributed by atoms with Crippen molar-refractivity contribution < 1.29 is 4.52 Å². The Hall–Kier alpha value is -3.35. The molecule has 1 fully saturated rings. The maximum Gasteiger partial charge on any atom is 0.279 e. The second kappa shape index (κ2) is 6.18. The van der Waals surface area contributed by atoms with Gasteiger partial charge in [0, 0.05) is 35.6 Å². The number of hydrogen-bond acceptors (Lipinski definition) is 7. The zero-order chi connectivity index (χ0) is 17.3. The van der Waals surface area contributed by atoms with Crippen molar-refractivity contribution in [2.75, 3.05) is 5.32 Å². The second-order valence-electron chi connectivity index (χ2n) is 6.38. The van der Waals surface area contributed by atoms with Crippen molar-refractivity contribution in [2.24, 2.45) is 0 Å². The first kappa shape index (κ1) is 14.9. The summed E-state index contributed by atoms with van der Waals surface area (Å²) in [5.41, 5.74) is 1.75. The lowest BCUT2D eigenvalue weighted by atomic mass is 10.1. The van der Waals surface area contributed by atoms with Crippen LogP contribution in [-0.4, -0.2) is 25.3 Å². The zero-order valence-corrected chi connectivity index (χ0v) is 14.0. The molecule has 0 bridgehead atoms. The number of aromatic nitrogens is 5. The van der Waals surface area contributed by atoms with Crippen LogP contribution in [0.25, 0.3) is 22.4 Å². The maximum absolute atomic E-state index is 5.44. The van der Waals surface area contributed by atoms with E-state index in [2.05, 4.69) is 30.6 Å². The molecule has 0 atom stereocenters. The quantitative estimate of drug-likeness (QED) is 0.592. The summed E-state index contributed by atoms with van der Waals surface area (Å²) in [6, 6.07) is 11.9. The van der Waals surface area contributed by atoms with Crippen LogP contribution in [0.5, 0.6) is 0 Å². The first-order chi connectivity index (χ1) is 12.9. The molecule has 0 saturated heterocycles. The minimum Gasteiger partial charge on any atom is -0.364 e. The summed E-state index contributed by atoms with van der Waals surface area (Å²) < 4.78 is 5.44. The van der Waals surface area contributed by atoms with Crippen LogP contribution in [0.1, 0.15) is 30.1 Å². The largest absolute Gasteiger partial charge is 0.364 e. The summed E-state index contributed by atoms with van der Waals surface area (Å²) in [6.07, 6.45) is 5.81. The Balaban J connectivity index is 1.50. The number of pyridine rings is 1. The van der Waals surface area contributed by atoms with E-state index in [1.807, 2.05) is 36.4 Å². The van der Waals surface area contributed by atoms with Gasteiger partial charge in [0.2, 0.25) is 0 Å². The van der Waals surface area contributed by atoms with E-state index in [0.717, 1.165) is 40.8 Å². The molecule has 1 aromatic carbocycles. The molecule has 0 radical (unpaired) electrons. The van der Waals surface area contributed by atoms with Gasteiger partial charge in [-0.1, -0.05) is 29.4 Å². The lowest BCUT2D eigenvalue weighted by Gasteiger charge is -2.09. The Morgan fingerprint density at radius 1 is 1.00 bits per heavy atom. The van der Waals surface area contributed by atoms with Gasteiger partial charge in [-0.05, 0) is 30.5 Å². The fourth-order valence-electron chi connectivity index (χ4n) is 2.92. The van der Waals surface area contributed by atoms with Crippen LogP contribution in [0.4, 0.5) is 5.82 Å². The first-order valence-electron chi connectivity index (χ1n) is 8.60. The van der Waals surface area contributed by atoms with Crippen molar-refractivity contribution in [3.8, 4) is 11.6 Å². The van der Waals surface area contributed by atoms with E-state index in [9.17, 15) is 0 Å². The minimum absolute atomic E-state index is 0.427. The molecule has 1 N–H and O–H groups in total. The number of anilines is 1. The van der Waals surface area contributed by atoms with Crippen LogP contribution in [0, 0.1) is 0 Å². The van der Waals surface area contributed by atoms with Gasteiger partial charge >= 0.3 is 0 Å². The van der Waals surface area contributed by atoms with Crippen LogP contribution in [0.2, 0.25) is 0 Å². The highest BCUT2D eigenvalue weighted by Gasteiger charge is 2.29. The molecule has 3 aromatic heterocycles. The van der Waals surface area contributed by atoms with Gasteiger partial charge in [0.25, 0.3) is 5.89 Å². The van der Waals surface area contributed by atoms with E-state index in [0.29, 0.717) is 24.0 Å². The standard InChI is InChI=1S/C19H16N6O/c1-2-4-15-14(3-1)16(19-22-17(25-26-19)13-5-6-13)23-24-18(15)21-11-12-7-9-20-10-8-12/h1-4,7-10,13H,5-6,11H2,(H,21,24). The number of nitrogens with one attached hydrogen (secondary N) is 1. The minimum atomic E-state index is 0.427. The normalized spacial score (nSPS) is 13.8. The predicted octanol–water partition coefficient (Wildman–Crippen LogP) is 3.56. The molecule has 1 aliphatic carbocycles. The smallest absolute Gasteiger partial charge is 0.279 e. The molecular weight excluding hydrogens is 328 g/mol. The lowest BCUT2D eigenvalue weighted by molar-refractivity contribution is 0.421. The summed E-state index contributed by atoms with van der Waals surface area (Å²) >= 11 is 0. The summed E-state index contributed by atoms with van der Waals surface area (Å²) in [4.78, 5) is 8.54. The van der Waals surface area contributed by atoms with Crippen LogP contribution in [0.15, 0.2) is 53.3 Å². The van der Waals surface area contributed by atoms with E-state index in [4.69, 9.17) is 4.52 Å². The maximum atomic E-state index is 5.44. The van der Waals surface area contributed by atoms with Crippen LogP contribution < -0.4 is 5.32 Å². The summed E-state index contributed by atoms with van der Waals surface area (Å²) in [6.45, 7) is 0.646. The molecule has 0 spiro atoms. The third kappa shape index (κ3) is 2.77. The Labute approximate surface area is 149 Å². The fourth-order valence-corrected chi connectivity index (χ4v) is 2.92. The van der Waals surface area contributed by atoms with E-state index in [1.54, 1.807) is 12.4 Å². The molecule has 0 amide bonds. The van der Waals surface area contributed by atoms with Gasteiger partial charge < -0.3 is 9.84 Å². The van der Waals surface area contributed by atoms with E-state index in [1.165, 1.54) is 0 Å². The highest BCUT2D eigenvalue weighted by Crippen LogP contribution is 2.39. The van der Waals surface area contributed by atoms with Gasteiger partial charge in [0.1, 0.15) is 0 Å². The van der Waals surface area contributed by atoms with Crippen LogP contribution in [0.3, 0.4) is 0 Å². The third-order valence-electron chi connectivity index (χ3n) is 4.48. The monoisotopic (exact) mass is 344 g/mol. The Bertz CT molecular complexity index is 1060. The van der Waals surface area contributed by atoms with Gasteiger partial charge in [-0.25, -0.2) is 0 Å². The van der Waals surface area contributed by atoms with Gasteiger partial charge in [-0.2, -0.15) is 4.98 Å². The Morgan fingerprint density at radius 3 is 2.62 bits per heavy atom. The number of benzene rings is 1. The zero-order valence-electron chi connectivity index (χ0n) is 14.0. The highest BCUT2D eigenvalue weighted by molar-refractivity contribution is 5.98. The molecule has 26 heavy (non-hydrogen) atoms. The molecular formula is C19H16N6O. The van der Waals surface area contributed by atoms with Crippen molar-refractivity contribution in [2.45, 2.75) is 25.3 Å². The van der Waals surface area contributed by atoms with E-state index in [-0.39, 0.29) is 0 Å². The molecule has 0 aliphatic heterocycles. The van der Waals surface area contributed by atoms with E-state index < -0.39 is 0 Å². The molecule has 1 saturated carbocycles. The van der Waals surface area contributed by atoms with Crippen molar-refractivity contribution in [1.82, 2.24) is 25.3 Å². The molecule has 3 heterocycles. The van der Waals surface area contributed by atoms with Crippen molar-refractivity contribution in [1.29, 1.82) is 0 Å². The molecule has 128 valence electrons.